The van der Waals surface area contributed by atoms with Crippen molar-refractivity contribution in [3.63, 3.8) is 0 Å². The quantitative estimate of drug-likeness (QED) is 0.900. The Kier molecular flexibility index (Phi) is 4.57. The van der Waals surface area contributed by atoms with Gasteiger partial charge >= 0.3 is 0 Å². The predicted octanol–water partition coefficient (Wildman–Crippen LogP) is 3.16. The van der Waals surface area contributed by atoms with Gasteiger partial charge in [0.05, 0.1) is 12.4 Å². The maximum Gasteiger partial charge on any atom is 0.289 e. The van der Waals surface area contributed by atoms with Crippen molar-refractivity contribution in [2.75, 3.05) is 6.54 Å². The molecule has 23 heavy (non-hydrogen) atoms. The van der Waals surface area contributed by atoms with Crippen molar-refractivity contribution in [3.05, 3.63) is 52.8 Å². The molecule has 0 bridgehead atoms. The molecule has 1 amide bonds. The molecular weight excluding hydrogens is 314 g/mol. The summed E-state index contributed by atoms with van der Waals surface area (Å²) in [5.74, 6) is -0.428. The van der Waals surface area contributed by atoms with Crippen LogP contribution in [0.1, 0.15) is 26.2 Å². The summed E-state index contributed by atoms with van der Waals surface area (Å²) >= 11 is 6.16. The van der Waals surface area contributed by atoms with Gasteiger partial charge in [0.1, 0.15) is 0 Å². The van der Waals surface area contributed by atoms with E-state index in [1.54, 1.807) is 17.4 Å². The van der Waals surface area contributed by atoms with E-state index in [9.17, 15) is 9.90 Å². The van der Waals surface area contributed by atoms with Crippen molar-refractivity contribution >= 4 is 17.5 Å². The monoisotopic (exact) mass is 333 g/mol. The highest BCUT2D eigenvalue weighted by molar-refractivity contribution is 6.29. The van der Waals surface area contributed by atoms with Crippen molar-refractivity contribution in [2.24, 2.45) is 0 Å². The summed E-state index contributed by atoms with van der Waals surface area (Å²) in [4.78, 5) is 18.1. The van der Waals surface area contributed by atoms with Crippen LogP contribution in [0, 0.1) is 0 Å². The van der Waals surface area contributed by atoms with Crippen LogP contribution >= 0.6 is 11.6 Å². The molecule has 6 heteroatoms. The van der Waals surface area contributed by atoms with Gasteiger partial charge in [-0.2, -0.15) is 0 Å². The molecule has 2 heterocycles. The zero-order valence-corrected chi connectivity index (χ0v) is 13.8. The molecule has 0 radical (unpaired) electrons. The van der Waals surface area contributed by atoms with Crippen molar-refractivity contribution in [2.45, 2.75) is 38.8 Å². The van der Waals surface area contributed by atoms with Gasteiger partial charge in [-0.05, 0) is 37.8 Å². The number of carbonyl (C=O) groups excluding carboxylic acids is 1. The fourth-order valence-corrected chi connectivity index (χ4v) is 3.40. The first kappa shape index (κ1) is 15.9. The Morgan fingerprint density at radius 2 is 2.26 bits per heavy atom. The minimum atomic E-state index is -0.297. The van der Waals surface area contributed by atoms with Crippen LogP contribution < -0.4 is 0 Å². The second kappa shape index (κ2) is 6.62. The van der Waals surface area contributed by atoms with Gasteiger partial charge in [-0.15, -0.1) is 0 Å². The number of hydrogen-bond donors (Lipinski definition) is 1. The van der Waals surface area contributed by atoms with E-state index in [1.165, 1.54) is 0 Å². The van der Waals surface area contributed by atoms with Gasteiger partial charge in [0.25, 0.3) is 5.91 Å². The van der Waals surface area contributed by atoms with Gasteiger partial charge in [-0.3, -0.25) is 4.79 Å². The number of aryl methyl sites for hydroxylation is 1. The number of imidazole rings is 1. The average molecular weight is 334 g/mol. The van der Waals surface area contributed by atoms with Crippen molar-refractivity contribution in [1.29, 1.82) is 0 Å². The summed E-state index contributed by atoms with van der Waals surface area (Å²) in [7, 11) is 0. The zero-order chi connectivity index (χ0) is 16.4. The number of aliphatic hydroxyl groups excluding tert-OH is 1. The van der Waals surface area contributed by atoms with Crippen molar-refractivity contribution in [3.8, 4) is 0 Å². The fourth-order valence-electron chi connectivity index (χ4n) is 3.17. The molecule has 0 saturated carbocycles. The van der Waals surface area contributed by atoms with Crippen LogP contribution in [0.4, 0.5) is 0 Å². The van der Waals surface area contributed by atoms with Crippen LogP contribution in [0.15, 0.2) is 52.8 Å². The van der Waals surface area contributed by atoms with E-state index >= 15 is 0 Å². The van der Waals surface area contributed by atoms with Gasteiger partial charge in [0, 0.05) is 36.1 Å². The molecule has 1 atom stereocenters. The third-order valence-electron chi connectivity index (χ3n) is 4.34. The van der Waals surface area contributed by atoms with Gasteiger partial charge in [-0.25, -0.2) is 4.98 Å². The second-order valence-electron chi connectivity index (χ2n) is 5.92. The first-order valence-corrected chi connectivity index (χ1v) is 8.18. The highest BCUT2D eigenvalue weighted by atomic mass is 35.5. The van der Waals surface area contributed by atoms with E-state index in [2.05, 4.69) is 11.1 Å². The number of rotatable bonds is 5. The third-order valence-corrected chi connectivity index (χ3v) is 4.63. The van der Waals surface area contributed by atoms with Gasteiger partial charge in [0.2, 0.25) is 0 Å². The zero-order valence-electron chi connectivity index (χ0n) is 13.1. The lowest BCUT2D eigenvalue weighted by Crippen LogP contribution is -2.38. The minimum Gasteiger partial charge on any atom is -0.503 e. The number of nitrogens with zero attached hydrogens (tertiary/aromatic N) is 3. The molecule has 2 aliphatic rings. The molecule has 5 nitrogen and oxygen atoms in total. The maximum atomic E-state index is 12.4. The fraction of sp³-hybridized carbons (Fsp3) is 0.412. The maximum absolute atomic E-state index is 12.4. The Balaban J connectivity index is 1.74. The lowest BCUT2D eigenvalue weighted by atomic mass is 9.95. The van der Waals surface area contributed by atoms with Crippen LogP contribution in [-0.2, 0) is 11.3 Å². The molecule has 1 aliphatic carbocycles. The molecule has 0 aromatic carbocycles. The number of halogens is 1. The summed E-state index contributed by atoms with van der Waals surface area (Å²) in [5.41, 5.74) is 1.70. The highest BCUT2D eigenvalue weighted by Crippen LogP contribution is 2.33. The average Bonchev–Trinajstić information content (AvgIpc) is 3.11. The van der Waals surface area contributed by atoms with E-state index in [0.29, 0.717) is 12.1 Å². The van der Waals surface area contributed by atoms with Crippen LogP contribution in [0.5, 0.6) is 0 Å². The number of aliphatic hydroxyl groups is 1. The molecule has 0 spiro atoms. The summed E-state index contributed by atoms with van der Waals surface area (Å²) in [6.07, 6.45) is 11.9. The number of hydrogen-bond acceptors (Lipinski definition) is 3. The van der Waals surface area contributed by atoms with E-state index in [0.717, 1.165) is 36.4 Å². The molecular formula is C17H20ClN3O2. The predicted molar refractivity (Wildman–Crippen MR) is 88.9 cm³/mol. The molecule has 1 unspecified atom stereocenters. The molecule has 0 saturated heterocycles. The Morgan fingerprint density at radius 3 is 2.96 bits per heavy atom. The van der Waals surface area contributed by atoms with E-state index in [4.69, 9.17) is 11.6 Å². The van der Waals surface area contributed by atoms with Crippen molar-refractivity contribution in [1.82, 2.24) is 14.5 Å². The number of amides is 1. The SMILES string of the molecule is CC1=C(O)C(=O)N(CCCn2ccnc2)C1C1=CCCC(Cl)=C1. The Hall–Kier alpha value is -2.01. The normalized spacial score (nSPS) is 21.7. The second-order valence-corrected chi connectivity index (χ2v) is 6.41. The minimum absolute atomic E-state index is 0.131. The molecule has 1 aromatic heterocycles. The van der Waals surface area contributed by atoms with Crippen LogP contribution in [0.25, 0.3) is 0 Å². The number of allylic oxidation sites excluding steroid dienone is 2. The third kappa shape index (κ3) is 3.20. The van der Waals surface area contributed by atoms with Gasteiger partial charge in [0.15, 0.2) is 5.76 Å². The standard InChI is InChI=1S/C17H20ClN3O2/c1-12-15(13-4-2-5-14(18)10-13)21(17(23)16(12)22)8-3-7-20-9-6-19-11-20/h4,6,9-11,15,22H,2-3,5,7-8H2,1H3. The first-order valence-electron chi connectivity index (χ1n) is 7.80. The molecule has 3 rings (SSSR count). The number of carbonyl (C=O) groups is 1. The molecule has 1 aliphatic heterocycles. The Labute approximate surface area is 140 Å². The molecule has 1 N–H and O–H groups in total. The lowest BCUT2D eigenvalue weighted by molar-refractivity contribution is -0.128. The molecule has 1 aromatic rings. The highest BCUT2D eigenvalue weighted by Gasteiger charge is 2.38. The summed E-state index contributed by atoms with van der Waals surface area (Å²) in [6.45, 7) is 3.17. The number of aromatic nitrogens is 2. The summed E-state index contributed by atoms with van der Waals surface area (Å²) < 4.78 is 1.98. The van der Waals surface area contributed by atoms with E-state index in [1.807, 2.05) is 23.8 Å². The van der Waals surface area contributed by atoms with Crippen LogP contribution in [0.3, 0.4) is 0 Å². The first-order chi connectivity index (χ1) is 11.1. The Morgan fingerprint density at radius 1 is 1.43 bits per heavy atom. The molecule has 0 fully saturated rings. The Bertz CT molecular complexity index is 689. The lowest BCUT2D eigenvalue weighted by Gasteiger charge is -2.28. The topological polar surface area (TPSA) is 58.4 Å². The van der Waals surface area contributed by atoms with E-state index in [-0.39, 0.29) is 17.7 Å². The van der Waals surface area contributed by atoms with Gasteiger partial charge in [-0.1, -0.05) is 17.7 Å². The van der Waals surface area contributed by atoms with Gasteiger partial charge < -0.3 is 14.6 Å². The molecule has 122 valence electrons. The largest absolute Gasteiger partial charge is 0.503 e. The summed E-state index contributed by atoms with van der Waals surface area (Å²) in [6, 6.07) is -0.209. The smallest absolute Gasteiger partial charge is 0.289 e. The van der Waals surface area contributed by atoms with Crippen molar-refractivity contribution < 1.29 is 9.90 Å². The van der Waals surface area contributed by atoms with Crippen LogP contribution in [-0.4, -0.2) is 38.1 Å². The van der Waals surface area contributed by atoms with E-state index < -0.39 is 0 Å². The summed E-state index contributed by atoms with van der Waals surface area (Å²) in [5, 5.41) is 10.9. The van der Waals surface area contributed by atoms with Crippen LogP contribution in [0.2, 0.25) is 0 Å².